The number of aromatic nitrogens is 2. The molecule has 0 aliphatic carbocycles. The first-order valence-corrected chi connectivity index (χ1v) is 8.76. The van der Waals surface area contributed by atoms with Gasteiger partial charge in [0, 0.05) is 23.9 Å². The van der Waals surface area contributed by atoms with Crippen LogP contribution in [0, 0.1) is 0 Å². The van der Waals surface area contributed by atoms with Crippen molar-refractivity contribution in [3.63, 3.8) is 0 Å². The van der Waals surface area contributed by atoms with Crippen LogP contribution in [0.4, 0.5) is 11.4 Å². The Labute approximate surface area is 162 Å². The molecule has 1 aromatic carbocycles. The van der Waals surface area contributed by atoms with Crippen LogP contribution in [0.15, 0.2) is 41.6 Å². The van der Waals surface area contributed by atoms with Crippen molar-refractivity contribution >= 4 is 47.4 Å². The smallest absolute Gasteiger partial charge is 0.246 e. The maximum Gasteiger partial charge on any atom is 0.246 e. The van der Waals surface area contributed by atoms with Crippen LogP contribution in [0.3, 0.4) is 0 Å². The second-order valence-electron chi connectivity index (χ2n) is 5.25. The van der Waals surface area contributed by atoms with Crippen molar-refractivity contribution in [2.24, 2.45) is 5.73 Å². The van der Waals surface area contributed by atoms with E-state index in [9.17, 15) is 9.59 Å². The van der Waals surface area contributed by atoms with Gasteiger partial charge in [0.15, 0.2) is 0 Å². The Balaban J connectivity index is 0.00000338. The van der Waals surface area contributed by atoms with E-state index in [0.717, 1.165) is 4.90 Å². The SMILES string of the molecule is COCC(N)C(=O)Nc1cnn(CC(=O)Nc2ccc(SC)cc2)c1.Cl. The summed E-state index contributed by atoms with van der Waals surface area (Å²) in [5.74, 6) is -0.589. The monoisotopic (exact) mass is 399 g/mol. The number of hydrogen-bond acceptors (Lipinski definition) is 6. The number of nitrogens with one attached hydrogen (secondary N) is 2. The fourth-order valence-electron chi connectivity index (χ4n) is 2.03. The number of ether oxygens (including phenoxy) is 1. The van der Waals surface area contributed by atoms with Gasteiger partial charge in [-0.3, -0.25) is 14.3 Å². The fraction of sp³-hybridized carbons (Fsp3) is 0.312. The summed E-state index contributed by atoms with van der Waals surface area (Å²) >= 11 is 1.63. The van der Waals surface area contributed by atoms with Crippen LogP contribution >= 0.6 is 24.2 Å². The third kappa shape index (κ3) is 6.68. The van der Waals surface area contributed by atoms with E-state index >= 15 is 0 Å². The summed E-state index contributed by atoms with van der Waals surface area (Å²) in [5, 5.41) is 9.46. The third-order valence-corrected chi connectivity index (χ3v) is 4.01. The average Bonchev–Trinajstić information content (AvgIpc) is 3.02. The predicted molar refractivity (Wildman–Crippen MR) is 105 cm³/mol. The molecule has 1 atom stereocenters. The summed E-state index contributed by atoms with van der Waals surface area (Å²) in [6.45, 7) is 0.155. The predicted octanol–water partition coefficient (Wildman–Crippen LogP) is 1.58. The number of benzene rings is 1. The van der Waals surface area contributed by atoms with E-state index in [1.807, 2.05) is 30.5 Å². The largest absolute Gasteiger partial charge is 0.383 e. The van der Waals surface area contributed by atoms with Gasteiger partial charge < -0.3 is 21.1 Å². The van der Waals surface area contributed by atoms with Crippen LogP contribution < -0.4 is 16.4 Å². The first-order valence-electron chi connectivity index (χ1n) is 7.53. The lowest BCUT2D eigenvalue weighted by atomic mass is 10.3. The minimum Gasteiger partial charge on any atom is -0.383 e. The molecular formula is C16H22ClN5O3S. The van der Waals surface area contributed by atoms with Crippen molar-refractivity contribution in [1.29, 1.82) is 0 Å². The summed E-state index contributed by atoms with van der Waals surface area (Å²) in [4.78, 5) is 25.0. The van der Waals surface area contributed by atoms with Crippen molar-refractivity contribution in [2.75, 3.05) is 30.6 Å². The van der Waals surface area contributed by atoms with E-state index in [1.165, 1.54) is 18.0 Å². The number of hydrogen-bond donors (Lipinski definition) is 3. The van der Waals surface area contributed by atoms with E-state index in [1.54, 1.807) is 18.0 Å². The number of rotatable bonds is 8. The average molecular weight is 400 g/mol. The number of anilines is 2. The van der Waals surface area contributed by atoms with Crippen LogP contribution in [0.25, 0.3) is 0 Å². The number of halogens is 1. The normalized spacial score (nSPS) is 11.3. The molecule has 0 saturated heterocycles. The standard InChI is InChI=1S/C16H21N5O3S.ClH/c1-24-10-14(17)16(23)20-12-7-18-21(8-12)9-15(22)19-11-3-5-13(25-2)6-4-11;/h3-8,14H,9-10,17H2,1-2H3,(H,19,22)(H,20,23);1H. The lowest BCUT2D eigenvalue weighted by Crippen LogP contribution is -2.39. The van der Waals surface area contributed by atoms with Gasteiger partial charge in [0.25, 0.3) is 0 Å². The molecule has 1 aromatic heterocycles. The second-order valence-corrected chi connectivity index (χ2v) is 6.13. The van der Waals surface area contributed by atoms with Crippen molar-refractivity contribution in [3.8, 4) is 0 Å². The molecule has 142 valence electrons. The van der Waals surface area contributed by atoms with Gasteiger partial charge >= 0.3 is 0 Å². The Morgan fingerprint density at radius 1 is 1.27 bits per heavy atom. The molecule has 2 rings (SSSR count). The van der Waals surface area contributed by atoms with Crippen molar-refractivity contribution < 1.29 is 14.3 Å². The third-order valence-electron chi connectivity index (χ3n) is 3.26. The van der Waals surface area contributed by atoms with E-state index < -0.39 is 6.04 Å². The molecule has 1 unspecified atom stereocenters. The summed E-state index contributed by atoms with van der Waals surface area (Å²) < 4.78 is 6.26. The molecule has 0 spiro atoms. The zero-order valence-corrected chi connectivity index (χ0v) is 16.1. The highest BCUT2D eigenvalue weighted by atomic mass is 35.5. The Morgan fingerprint density at radius 3 is 2.58 bits per heavy atom. The van der Waals surface area contributed by atoms with E-state index in [0.29, 0.717) is 11.4 Å². The molecule has 2 amide bonds. The Morgan fingerprint density at radius 2 is 1.96 bits per heavy atom. The highest BCUT2D eigenvalue weighted by Crippen LogP contribution is 2.17. The van der Waals surface area contributed by atoms with Gasteiger partial charge in [0.05, 0.1) is 18.5 Å². The molecule has 0 saturated carbocycles. The van der Waals surface area contributed by atoms with Crippen molar-refractivity contribution in [3.05, 3.63) is 36.7 Å². The van der Waals surface area contributed by atoms with Gasteiger partial charge in [-0.25, -0.2) is 0 Å². The van der Waals surface area contributed by atoms with E-state index in [4.69, 9.17) is 10.5 Å². The maximum absolute atomic E-state index is 12.1. The second kappa shape index (κ2) is 10.8. The summed E-state index contributed by atoms with van der Waals surface area (Å²) in [6, 6.07) is 6.79. The molecule has 10 heteroatoms. The number of thioether (sulfide) groups is 1. The molecule has 0 fully saturated rings. The lowest BCUT2D eigenvalue weighted by molar-refractivity contribution is -0.118. The number of nitrogens with two attached hydrogens (primary N) is 1. The number of methoxy groups -OCH3 is 1. The Hall–Kier alpha value is -2.07. The van der Waals surface area contributed by atoms with Crippen LogP contribution in [-0.2, 0) is 20.9 Å². The summed E-state index contributed by atoms with van der Waals surface area (Å²) in [6.07, 6.45) is 5.01. The molecule has 0 bridgehead atoms. The molecule has 0 radical (unpaired) electrons. The molecule has 2 aromatic rings. The van der Waals surface area contributed by atoms with Gasteiger partial charge in [0.2, 0.25) is 11.8 Å². The highest BCUT2D eigenvalue weighted by Gasteiger charge is 2.14. The van der Waals surface area contributed by atoms with E-state index in [-0.39, 0.29) is 37.4 Å². The summed E-state index contributed by atoms with van der Waals surface area (Å²) in [5.41, 5.74) is 6.82. The number of nitrogens with zero attached hydrogens (tertiary/aromatic N) is 2. The van der Waals surface area contributed by atoms with E-state index in [2.05, 4.69) is 15.7 Å². The Kier molecular flexibility index (Phi) is 9.14. The summed E-state index contributed by atoms with van der Waals surface area (Å²) in [7, 11) is 1.47. The Bertz CT molecular complexity index is 723. The van der Waals surface area contributed by atoms with Gasteiger partial charge in [-0.15, -0.1) is 24.2 Å². The molecule has 8 nitrogen and oxygen atoms in total. The number of carbonyl (C=O) groups is 2. The molecule has 1 heterocycles. The fourth-order valence-corrected chi connectivity index (χ4v) is 2.44. The number of carbonyl (C=O) groups excluding carboxylic acids is 2. The molecule has 0 aliphatic heterocycles. The molecular weight excluding hydrogens is 378 g/mol. The first kappa shape index (κ1) is 22.0. The zero-order valence-electron chi connectivity index (χ0n) is 14.5. The van der Waals surface area contributed by atoms with Crippen LogP contribution in [0.2, 0.25) is 0 Å². The molecule has 4 N–H and O–H groups in total. The van der Waals surface area contributed by atoms with Gasteiger partial charge in [-0.2, -0.15) is 5.10 Å². The zero-order chi connectivity index (χ0) is 18.2. The number of amides is 2. The van der Waals surface area contributed by atoms with Gasteiger partial charge in [-0.05, 0) is 30.5 Å². The minimum atomic E-state index is -0.763. The van der Waals surface area contributed by atoms with Crippen molar-refractivity contribution in [2.45, 2.75) is 17.5 Å². The first-order chi connectivity index (χ1) is 12.0. The quantitative estimate of drug-likeness (QED) is 0.581. The topological polar surface area (TPSA) is 111 Å². The lowest BCUT2D eigenvalue weighted by Gasteiger charge is -2.09. The minimum absolute atomic E-state index is 0. The van der Waals surface area contributed by atoms with Crippen LogP contribution in [0.5, 0.6) is 0 Å². The maximum atomic E-state index is 12.1. The van der Waals surface area contributed by atoms with Crippen LogP contribution in [-0.4, -0.2) is 47.6 Å². The van der Waals surface area contributed by atoms with Gasteiger partial charge in [-0.1, -0.05) is 0 Å². The highest BCUT2D eigenvalue weighted by molar-refractivity contribution is 7.98. The molecule has 0 aliphatic rings. The van der Waals surface area contributed by atoms with Crippen molar-refractivity contribution in [1.82, 2.24) is 9.78 Å². The van der Waals surface area contributed by atoms with Crippen LogP contribution in [0.1, 0.15) is 0 Å². The van der Waals surface area contributed by atoms with Gasteiger partial charge in [0.1, 0.15) is 12.6 Å². The molecule has 26 heavy (non-hydrogen) atoms.